The van der Waals surface area contributed by atoms with Gasteiger partial charge in [-0.3, -0.25) is 9.59 Å². The number of hydrogen-bond donors (Lipinski definition) is 2. The van der Waals surface area contributed by atoms with E-state index in [9.17, 15) is 14.0 Å². The molecule has 0 aliphatic carbocycles. The van der Waals surface area contributed by atoms with Crippen LogP contribution >= 0.6 is 0 Å². The van der Waals surface area contributed by atoms with Crippen molar-refractivity contribution in [2.24, 2.45) is 5.73 Å². The van der Waals surface area contributed by atoms with E-state index in [0.717, 1.165) is 19.3 Å². The quantitative estimate of drug-likeness (QED) is 0.635. The number of likely N-dealkylation sites (tertiary alicyclic amines) is 1. The van der Waals surface area contributed by atoms with Crippen LogP contribution in [0.1, 0.15) is 41.5 Å². The standard InChI is InChI=1S/C23H23FN4O3/c24-17-7-3-5-15(11-17)19-13-26-23(27-19)20-9-1-2-10-28(20)21(29)14-31-18-8-4-6-16(12-18)22(25)30/h3-8,11-13,20H,1-2,9-10,14H2,(H2,25,30)(H,26,27). The Labute approximate surface area is 179 Å². The molecule has 1 aliphatic rings. The number of ether oxygens (including phenoxy) is 1. The number of carbonyl (C=O) groups excluding carboxylic acids is 2. The fourth-order valence-electron chi connectivity index (χ4n) is 3.79. The summed E-state index contributed by atoms with van der Waals surface area (Å²) in [7, 11) is 0. The summed E-state index contributed by atoms with van der Waals surface area (Å²) in [6.07, 6.45) is 4.31. The average Bonchev–Trinajstić information content (AvgIpc) is 3.28. The maximum absolute atomic E-state index is 13.5. The van der Waals surface area contributed by atoms with Gasteiger partial charge in [0.2, 0.25) is 5.91 Å². The second kappa shape index (κ2) is 8.99. The lowest BCUT2D eigenvalue weighted by Gasteiger charge is -2.34. The van der Waals surface area contributed by atoms with E-state index in [1.165, 1.54) is 18.2 Å². The summed E-state index contributed by atoms with van der Waals surface area (Å²) in [5.41, 5.74) is 7.01. The van der Waals surface area contributed by atoms with Crippen molar-refractivity contribution in [2.45, 2.75) is 25.3 Å². The molecule has 2 heterocycles. The molecule has 0 radical (unpaired) electrons. The van der Waals surface area contributed by atoms with Gasteiger partial charge in [-0.1, -0.05) is 18.2 Å². The zero-order valence-corrected chi connectivity index (χ0v) is 16.9. The van der Waals surface area contributed by atoms with Crippen LogP contribution < -0.4 is 10.5 Å². The van der Waals surface area contributed by atoms with Crippen molar-refractivity contribution in [1.29, 1.82) is 0 Å². The Kier molecular flexibility index (Phi) is 5.97. The van der Waals surface area contributed by atoms with E-state index >= 15 is 0 Å². The maximum atomic E-state index is 13.5. The van der Waals surface area contributed by atoms with Crippen LogP contribution in [-0.2, 0) is 4.79 Å². The number of rotatable bonds is 6. The van der Waals surface area contributed by atoms with Crippen LogP contribution in [0, 0.1) is 5.82 Å². The maximum Gasteiger partial charge on any atom is 0.261 e. The Morgan fingerprint density at radius 1 is 1.19 bits per heavy atom. The molecule has 2 amide bonds. The molecule has 3 aromatic rings. The lowest BCUT2D eigenvalue weighted by Crippen LogP contribution is -2.41. The van der Waals surface area contributed by atoms with E-state index in [1.54, 1.807) is 41.4 Å². The molecule has 1 saturated heterocycles. The molecule has 160 valence electrons. The Morgan fingerprint density at radius 2 is 2.03 bits per heavy atom. The number of imidazole rings is 1. The molecular weight excluding hydrogens is 399 g/mol. The van der Waals surface area contributed by atoms with Gasteiger partial charge in [0.15, 0.2) is 6.61 Å². The zero-order chi connectivity index (χ0) is 21.8. The molecule has 1 aromatic heterocycles. The van der Waals surface area contributed by atoms with Gasteiger partial charge in [-0.25, -0.2) is 9.37 Å². The molecule has 1 unspecified atom stereocenters. The molecule has 1 fully saturated rings. The molecule has 31 heavy (non-hydrogen) atoms. The van der Waals surface area contributed by atoms with Crippen LogP contribution in [0.4, 0.5) is 4.39 Å². The third-order valence-corrected chi connectivity index (χ3v) is 5.35. The number of hydrogen-bond acceptors (Lipinski definition) is 4. The molecule has 7 nitrogen and oxygen atoms in total. The predicted octanol–water partition coefficient (Wildman–Crippen LogP) is 3.45. The highest BCUT2D eigenvalue weighted by Gasteiger charge is 2.30. The second-order valence-electron chi connectivity index (χ2n) is 7.47. The fraction of sp³-hybridized carbons (Fsp3) is 0.261. The van der Waals surface area contributed by atoms with Gasteiger partial charge in [-0.05, 0) is 49.6 Å². The molecule has 3 N–H and O–H groups in total. The predicted molar refractivity (Wildman–Crippen MR) is 113 cm³/mol. The van der Waals surface area contributed by atoms with Gasteiger partial charge in [0, 0.05) is 17.7 Å². The molecule has 0 saturated carbocycles. The van der Waals surface area contributed by atoms with Crippen molar-refractivity contribution in [1.82, 2.24) is 14.9 Å². The number of amides is 2. The lowest BCUT2D eigenvalue weighted by atomic mass is 10.0. The minimum absolute atomic E-state index is 0.157. The van der Waals surface area contributed by atoms with Crippen LogP contribution in [0.25, 0.3) is 11.3 Å². The Balaban J connectivity index is 1.47. The molecule has 0 spiro atoms. The highest BCUT2D eigenvalue weighted by atomic mass is 19.1. The van der Waals surface area contributed by atoms with Crippen molar-refractivity contribution >= 4 is 11.8 Å². The third-order valence-electron chi connectivity index (χ3n) is 5.35. The normalized spacial score (nSPS) is 16.2. The summed E-state index contributed by atoms with van der Waals surface area (Å²) >= 11 is 0. The largest absolute Gasteiger partial charge is 0.484 e. The third kappa shape index (κ3) is 4.74. The van der Waals surface area contributed by atoms with Crippen LogP contribution in [0.15, 0.2) is 54.7 Å². The van der Waals surface area contributed by atoms with Crippen LogP contribution in [0.3, 0.4) is 0 Å². The summed E-state index contributed by atoms with van der Waals surface area (Å²) in [5, 5.41) is 0. The molecule has 8 heteroatoms. The van der Waals surface area contributed by atoms with E-state index in [1.807, 2.05) is 0 Å². The first kappa shape index (κ1) is 20.6. The highest BCUT2D eigenvalue weighted by molar-refractivity contribution is 5.93. The molecule has 4 rings (SSSR count). The fourth-order valence-corrected chi connectivity index (χ4v) is 3.79. The summed E-state index contributed by atoms with van der Waals surface area (Å²) in [6.45, 7) is 0.445. The number of benzene rings is 2. The topological polar surface area (TPSA) is 101 Å². The van der Waals surface area contributed by atoms with E-state index in [0.29, 0.717) is 34.9 Å². The molecule has 1 atom stereocenters. The van der Waals surface area contributed by atoms with Crippen molar-refractivity contribution in [3.63, 3.8) is 0 Å². The van der Waals surface area contributed by atoms with Gasteiger partial charge in [-0.15, -0.1) is 0 Å². The van der Waals surface area contributed by atoms with Gasteiger partial charge in [0.1, 0.15) is 17.4 Å². The Morgan fingerprint density at radius 3 is 2.84 bits per heavy atom. The van der Waals surface area contributed by atoms with Crippen molar-refractivity contribution in [3.05, 3.63) is 71.9 Å². The number of primary amides is 1. The number of halogens is 1. The van der Waals surface area contributed by atoms with Crippen LogP contribution in [-0.4, -0.2) is 39.8 Å². The van der Waals surface area contributed by atoms with Gasteiger partial charge in [-0.2, -0.15) is 0 Å². The first-order valence-electron chi connectivity index (χ1n) is 10.1. The highest BCUT2D eigenvalue weighted by Crippen LogP contribution is 2.31. The molecular formula is C23H23FN4O3. The number of piperidine rings is 1. The monoisotopic (exact) mass is 422 g/mol. The van der Waals surface area contributed by atoms with Gasteiger partial charge >= 0.3 is 0 Å². The molecule has 0 bridgehead atoms. The number of aromatic nitrogens is 2. The first-order chi connectivity index (χ1) is 15.0. The molecule has 1 aliphatic heterocycles. The zero-order valence-electron chi connectivity index (χ0n) is 16.9. The van der Waals surface area contributed by atoms with E-state index in [-0.39, 0.29) is 24.4 Å². The van der Waals surface area contributed by atoms with E-state index < -0.39 is 5.91 Å². The Hall–Kier alpha value is -3.68. The number of carbonyl (C=O) groups is 2. The average molecular weight is 422 g/mol. The number of nitrogens with two attached hydrogens (primary N) is 1. The SMILES string of the molecule is NC(=O)c1cccc(OCC(=O)N2CCCCC2c2ncc(-c3cccc(F)c3)[nH]2)c1. The second-order valence-corrected chi connectivity index (χ2v) is 7.47. The molecule has 2 aromatic carbocycles. The number of nitrogens with one attached hydrogen (secondary N) is 1. The van der Waals surface area contributed by atoms with Gasteiger partial charge < -0.3 is 20.4 Å². The number of nitrogens with zero attached hydrogens (tertiary/aromatic N) is 2. The van der Waals surface area contributed by atoms with Gasteiger partial charge in [0.05, 0.1) is 17.9 Å². The van der Waals surface area contributed by atoms with Crippen molar-refractivity contribution < 1.29 is 18.7 Å². The minimum Gasteiger partial charge on any atom is -0.484 e. The summed E-state index contributed by atoms with van der Waals surface area (Å²) in [6, 6.07) is 12.5. The van der Waals surface area contributed by atoms with Crippen molar-refractivity contribution in [3.8, 4) is 17.0 Å². The summed E-state index contributed by atoms with van der Waals surface area (Å²) < 4.78 is 19.2. The lowest BCUT2D eigenvalue weighted by molar-refractivity contribution is -0.137. The summed E-state index contributed by atoms with van der Waals surface area (Å²) in [4.78, 5) is 33.7. The smallest absolute Gasteiger partial charge is 0.261 e. The van der Waals surface area contributed by atoms with Crippen molar-refractivity contribution in [2.75, 3.05) is 13.2 Å². The van der Waals surface area contributed by atoms with E-state index in [4.69, 9.17) is 10.5 Å². The van der Waals surface area contributed by atoms with E-state index in [2.05, 4.69) is 9.97 Å². The first-order valence-corrected chi connectivity index (χ1v) is 10.1. The van der Waals surface area contributed by atoms with Crippen LogP contribution in [0.2, 0.25) is 0 Å². The summed E-state index contributed by atoms with van der Waals surface area (Å²) in [5.74, 6) is 0.0333. The Bertz CT molecular complexity index is 1100. The number of H-pyrrole nitrogens is 1. The van der Waals surface area contributed by atoms with Crippen LogP contribution in [0.5, 0.6) is 5.75 Å². The number of aromatic amines is 1. The minimum atomic E-state index is -0.556. The van der Waals surface area contributed by atoms with Gasteiger partial charge in [0.25, 0.3) is 5.91 Å².